The molecule has 0 amide bonds. The molecule has 0 aliphatic rings. The maximum atomic E-state index is 10.7. The number of nitro groups is 1. The van der Waals surface area contributed by atoms with E-state index >= 15 is 0 Å². The minimum absolute atomic E-state index is 0.0481. The van der Waals surface area contributed by atoms with Crippen molar-refractivity contribution in [3.8, 4) is 0 Å². The molecule has 100 valence electrons. The third-order valence-electron chi connectivity index (χ3n) is 2.26. The van der Waals surface area contributed by atoms with Crippen molar-refractivity contribution in [1.82, 2.24) is 9.88 Å². The van der Waals surface area contributed by atoms with Crippen molar-refractivity contribution in [3.05, 3.63) is 22.2 Å². The summed E-state index contributed by atoms with van der Waals surface area (Å²) in [6.45, 7) is 1.63. The number of nitrogen functional groups attached to an aromatic ring is 1. The molecule has 0 bridgehead atoms. The van der Waals surface area contributed by atoms with Crippen LogP contribution in [-0.4, -0.2) is 42.0 Å². The Kier molecular flexibility index (Phi) is 5.28. The van der Waals surface area contributed by atoms with E-state index in [0.717, 1.165) is 13.0 Å². The molecule has 1 aromatic heterocycles. The van der Waals surface area contributed by atoms with E-state index in [1.165, 1.54) is 12.1 Å². The SMILES string of the molecule is CN(C)CCCNc1cc([N+](=O)[O-])cc(NN)n1. The van der Waals surface area contributed by atoms with Crippen LogP contribution in [0.4, 0.5) is 17.3 Å². The molecule has 0 unspecified atom stereocenters. The summed E-state index contributed by atoms with van der Waals surface area (Å²) in [5, 5.41) is 13.7. The first-order chi connectivity index (χ1) is 8.52. The Labute approximate surface area is 105 Å². The minimum atomic E-state index is -0.479. The standard InChI is InChI=1S/C10H18N6O2/c1-15(2)5-3-4-12-9-6-8(16(17)18)7-10(13-9)14-11/h6-7H,3-5,11H2,1-2H3,(H2,12,13,14). The number of hydrazine groups is 1. The zero-order chi connectivity index (χ0) is 13.5. The first-order valence-electron chi connectivity index (χ1n) is 5.54. The molecule has 0 aliphatic heterocycles. The van der Waals surface area contributed by atoms with Crippen molar-refractivity contribution in [2.45, 2.75) is 6.42 Å². The van der Waals surface area contributed by atoms with Crippen LogP contribution in [0.3, 0.4) is 0 Å². The van der Waals surface area contributed by atoms with Gasteiger partial charge < -0.3 is 15.6 Å². The van der Waals surface area contributed by atoms with Crippen LogP contribution in [-0.2, 0) is 0 Å². The van der Waals surface area contributed by atoms with Gasteiger partial charge in [0.25, 0.3) is 5.69 Å². The monoisotopic (exact) mass is 254 g/mol. The van der Waals surface area contributed by atoms with Crippen molar-refractivity contribution in [1.29, 1.82) is 0 Å². The molecular weight excluding hydrogens is 236 g/mol. The largest absolute Gasteiger partial charge is 0.370 e. The quantitative estimate of drug-likeness (QED) is 0.283. The number of hydrogen-bond donors (Lipinski definition) is 3. The van der Waals surface area contributed by atoms with E-state index in [0.29, 0.717) is 12.4 Å². The fourth-order valence-corrected chi connectivity index (χ4v) is 1.40. The number of rotatable bonds is 7. The molecule has 0 saturated carbocycles. The summed E-state index contributed by atoms with van der Waals surface area (Å²) in [4.78, 5) is 16.4. The predicted octanol–water partition coefficient (Wildman–Crippen LogP) is 0.639. The van der Waals surface area contributed by atoms with E-state index in [1.807, 2.05) is 14.1 Å². The van der Waals surface area contributed by atoms with E-state index in [9.17, 15) is 10.1 Å². The van der Waals surface area contributed by atoms with E-state index in [1.54, 1.807) is 0 Å². The second-order valence-corrected chi connectivity index (χ2v) is 4.08. The highest BCUT2D eigenvalue weighted by molar-refractivity contribution is 5.54. The molecule has 8 heteroatoms. The highest BCUT2D eigenvalue weighted by Gasteiger charge is 2.10. The Morgan fingerprint density at radius 2 is 2.11 bits per heavy atom. The number of nitrogens with two attached hydrogens (primary N) is 1. The molecule has 18 heavy (non-hydrogen) atoms. The van der Waals surface area contributed by atoms with Crippen molar-refractivity contribution in [3.63, 3.8) is 0 Å². The normalized spacial score (nSPS) is 10.4. The van der Waals surface area contributed by atoms with Gasteiger partial charge in [0.15, 0.2) is 0 Å². The zero-order valence-electron chi connectivity index (χ0n) is 10.5. The summed E-state index contributed by atoms with van der Waals surface area (Å²) in [6.07, 6.45) is 0.919. The van der Waals surface area contributed by atoms with Crippen LogP contribution in [0.25, 0.3) is 0 Å². The van der Waals surface area contributed by atoms with Gasteiger partial charge in [-0.15, -0.1) is 0 Å². The van der Waals surface area contributed by atoms with E-state index in [4.69, 9.17) is 5.84 Å². The molecular formula is C10H18N6O2. The van der Waals surface area contributed by atoms with Crippen LogP contribution < -0.4 is 16.6 Å². The van der Waals surface area contributed by atoms with Gasteiger partial charge in [-0.3, -0.25) is 10.1 Å². The molecule has 0 spiro atoms. The molecule has 0 saturated heterocycles. The average molecular weight is 254 g/mol. The number of aromatic nitrogens is 1. The lowest BCUT2D eigenvalue weighted by molar-refractivity contribution is -0.384. The molecule has 0 radical (unpaired) electrons. The molecule has 1 rings (SSSR count). The lowest BCUT2D eigenvalue weighted by atomic mass is 10.3. The molecule has 8 nitrogen and oxygen atoms in total. The first kappa shape index (κ1) is 14.1. The number of anilines is 2. The van der Waals surface area contributed by atoms with Gasteiger partial charge in [0.05, 0.1) is 17.1 Å². The van der Waals surface area contributed by atoms with Gasteiger partial charge in [0.2, 0.25) is 0 Å². The molecule has 0 atom stereocenters. The van der Waals surface area contributed by atoms with Gasteiger partial charge >= 0.3 is 0 Å². The van der Waals surface area contributed by atoms with Crippen molar-refractivity contribution in [2.24, 2.45) is 5.84 Å². The number of pyridine rings is 1. The van der Waals surface area contributed by atoms with Crippen molar-refractivity contribution < 1.29 is 4.92 Å². The van der Waals surface area contributed by atoms with Crippen molar-refractivity contribution in [2.75, 3.05) is 37.9 Å². The Morgan fingerprint density at radius 1 is 1.44 bits per heavy atom. The minimum Gasteiger partial charge on any atom is -0.370 e. The summed E-state index contributed by atoms with van der Waals surface area (Å²) in [6, 6.07) is 2.67. The van der Waals surface area contributed by atoms with Gasteiger partial charge in [0, 0.05) is 6.54 Å². The Hall–Kier alpha value is -1.93. The van der Waals surface area contributed by atoms with E-state index in [-0.39, 0.29) is 11.5 Å². The number of nitrogens with zero attached hydrogens (tertiary/aromatic N) is 3. The first-order valence-corrected chi connectivity index (χ1v) is 5.54. The average Bonchev–Trinajstić information content (AvgIpc) is 2.34. The topological polar surface area (TPSA) is 109 Å². The molecule has 0 fully saturated rings. The maximum absolute atomic E-state index is 10.7. The smallest absolute Gasteiger partial charge is 0.276 e. The van der Waals surface area contributed by atoms with Crippen molar-refractivity contribution >= 4 is 17.3 Å². The lowest BCUT2D eigenvalue weighted by Crippen LogP contribution is -2.17. The van der Waals surface area contributed by atoms with Crippen LogP contribution in [0, 0.1) is 10.1 Å². The Bertz CT molecular complexity index is 409. The molecule has 0 aliphatic carbocycles. The van der Waals surface area contributed by atoms with Gasteiger partial charge in [0.1, 0.15) is 11.6 Å². The maximum Gasteiger partial charge on any atom is 0.276 e. The van der Waals surface area contributed by atoms with Crippen LogP contribution in [0.5, 0.6) is 0 Å². The fraction of sp³-hybridized carbons (Fsp3) is 0.500. The van der Waals surface area contributed by atoms with E-state index in [2.05, 4.69) is 20.6 Å². The zero-order valence-corrected chi connectivity index (χ0v) is 10.5. The molecule has 0 aromatic carbocycles. The van der Waals surface area contributed by atoms with Gasteiger partial charge in [-0.05, 0) is 27.1 Å². The van der Waals surface area contributed by atoms with Crippen LogP contribution in [0.2, 0.25) is 0 Å². The van der Waals surface area contributed by atoms with Gasteiger partial charge in [-0.25, -0.2) is 10.8 Å². The second-order valence-electron chi connectivity index (χ2n) is 4.08. The number of nitrogens with one attached hydrogen (secondary N) is 2. The van der Waals surface area contributed by atoms with Gasteiger partial charge in [-0.1, -0.05) is 0 Å². The summed E-state index contributed by atoms with van der Waals surface area (Å²) < 4.78 is 0. The Balaban J connectivity index is 2.64. The van der Waals surface area contributed by atoms with Crippen LogP contribution in [0.15, 0.2) is 12.1 Å². The molecule has 1 heterocycles. The van der Waals surface area contributed by atoms with Gasteiger partial charge in [-0.2, -0.15) is 0 Å². The van der Waals surface area contributed by atoms with Crippen LogP contribution in [0.1, 0.15) is 6.42 Å². The van der Waals surface area contributed by atoms with E-state index < -0.39 is 4.92 Å². The van der Waals surface area contributed by atoms with Crippen LogP contribution >= 0.6 is 0 Å². The summed E-state index contributed by atoms with van der Waals surface area (Å²) in [7, 11) is 3.98. The highest BCUT2D eigenvalue weighted by atomic mass is 16.6. The second kappa shape index (κ2) is 6.72. The molecule has 1 aromatic rings. The summed E-state index contributed by atoms with van der Waals surface area (Å²) in [5.41, 5.74) is 2.26. The summed E-state index contributed by atoms with van der Waals surface area (Å²) >= 11 is 0. The predicted molar refractivity (Wildman–Crippen MR) is 70.4 cm³/mol. The molecule has 4 N–H and O–H groups in total. The summed E-state index contributed by atoms with van der Waals surface area (Å²) in [5.74, 6) is 5.92. The number of hydrogen-bond acceptors (Lipinski definition) is 7. The third-order valence-corrected chi connectivity index (χ3v) is 2.26. The lowest BCUT2D eigenvalue weighted by Gasteiger charge is -2.10. The third kappa shape index (κ3) is 4.52. The Morgan fingerprint density at radius 3 is 2.67 bits per heavy atom. The highest BCUT2D eigenvalue weighted by Crippen LogP contribution is 2.19. The fourth-order valence-electron chi connectivity index (χ4n) is 1.40.